The highest BCUT2D eigenvalue weighted by atomic mass is 16.3. The fourth-order valence-electron chi connectivity index (χ4n) is 2.06. The first-order chi connectivity index (χ1) is 9.70. The lowest BCUT2D eigenvalue weighted by Crippen LogP contribution is -2.35. The highest BCUT2D eigenvalue weighted by Crippen LogP contribution is 2.26. The minimum atomic E-state index is -0.465. The van der Waals surface area contributed by atoms with Gasteiger partial charge in [0.05, 0.1) is 6.54 Å². The summed E-state index contributed by atoms with van der Waals surface area (Å²) in [6.07, 6.45) is 0. The third-order valence-corrected chi connectivity index (χ3v) is 3.54. The number of aryl methyl sites for hydroxylation is 2. The first kappa shape index (κ1) is 15.3. The van der Waals surface area contributed by atoms with Crippen molar-refractivity contribution in [3.63, 3.8) is 0 Å². The zero-order valence-electron chi connectivity index (χ0n) is 13.2. The maximum Gasteiger partial charge on any atom is 0.287 e. The van der Waals surface area contributed by atoms with E-state index in [9.17, 15) is 9.59 Å². The molecule has 112 valence electrons. The van der Waals surface area contributed by atoms with Crippen LogP contribution in [0.4, 0.5) is 0 Å². The van der Waals surface area contributed by atoms with Gasteiger partial charge in [-0.1, -0.05) is 32.4 Å². The van der Waals surface area contributed by atoms with E-state index in [-0.39, 0.29) is 24.0 Å². The Kier molecular flexibility index (Phi) is 3.90. The molecule has 0 saturated carbocycles. The average molecular weight is 287 g/mol. The van der Waals surface area contributed by atoms with Crippen LogP contribution in [0.1, 0.15) is 42.5 Å². The molecule has 2 aromatic rings. The topological polar surface area (TPSA) is 59.3 Å². The highest BCUT2D eigenvalue weighted by molar-refractivity contribution is 6.00. The molecular formula is C17H21NO3. The number of rotatable bonds is 3. The molecule has 1 heterocycles. The molecule has 4 nitrogen and oxygen atoms in total. The van der Waals surface area contributed by atoms with E-state index in [1.807, 2.05) is 52.8 Å². The first-order valence-electron chi connectivity index (χ1n) is 7.01. The first-order valence-corrected chi connectivity index (χ1v) is 7.01. The summed E-state index contributed by atoms with van der Waals surface area (Å²) in [7, 11) is 0. The van der Waals surface area contributed by atoms with Gasteiger partial charge in [-0.2, -0.15) is 0 Å². The van der Waals surface area contributed by atoms with Gasteiger partial charge < -0.3 is 9.73 Å². The van der Waals surface area contributed by atoms with Crippen molar-refractivity contribution in [3.8, 4) is 0 Å². The van der Waals surface area contributed by atoms with Gasteiger partial charge >= 0.3 is 0 Å². The maximum atomic E-state index is 12.2. The molecule has 21 heavy (non-hydrogen) atoms. The van der Waals surface area contributed by atoms with Crippen molar-refractivity contribution in [1.29, 1.82) is 0 Å². The highest BCUT2D eigenvalue weighted by Gasteiger charge is 2.23. The van der Waals surface area contributed by atoms with Gasteiger partial charge in [0.25, 0.3) is 5.91 Å². The average Bonchev–Trinajstić information content (AvgIpc) is 2.72. The summed E-state index contributed by atoms with van der Waals surface area (Å²) in [4.78, 5) is 24.1. The Morgan fingerprint density at radius 1 is 1.19 bits per heavy atom. The molecule has 1 amide bonds. The number of amides is 1. The molecule has 0 atom stereocenters. The second-order valence-corrected chi connectivity index (χ2v) is 6.41. The summed E-state index contributed by atoms with van der Waals surface area (Å²) < 4.78 is 5.61. The quantitative estimate of drug-likeness (QED) is 0.941. The molecule has 2 rings (SSSR count). The molecule has 0 aliphatic heterocycles. The molecule has 0 saturated heterocycles. The van der Waals surface area contributed by atoms with Crippen molar-refractivity contribution < 1.29 is 14.0 Å². The Balaban J connectivity index is 2.20. The van der Waals surface area contributed by atoms with Crippen molar-refractivity contribution in [2.75, 3.05) is 6.54 Å². The van der Waals surface area contributed by atoms with Crippen molar-refractivity contribution >= 4 is 22.7 Å². The molecule has 0 radical (unpaired) electrons. The SMILES string of the molecule is Cc1ccc2oc(C(=O)NCC(=O)C(C)(C)C)c(C)c2c1. The molecule has 1 aromatic heterocycles. The summed E-state index contributed by atoms with van der Waals surface area (Å²) in [6.45, 7) is 9.35. The van der Waals surface area contributed by atoms with E-state index in [0.717, 1.165) is 16.5 Å². The minimum absolute atomic E-state index is 0.0118. The number of furan rings is 1. The summed E-state index contributed by atoms with van der Waals surface area (Å²) in [5.41, 5.74) is 2.13. The van der Waals surface area contributed by atoms with Crippen LogP contribution in [0.25, 0.3) is 11.0 Å². The zero-order valence-corrected chi connectivity index (χ0v) is 13.2. The van der Waals surface area contributed by atoms with Crippen molar-refractivity contribution in [2.45, 2.75) is 34.6 Å². The number of nitrogens with one attached hydrogen (secondary N) is 1. The monoisotopic (exact) mass is 287 g/mol. The lowest BCUT2D eigenvalue weighted by Gasteiger charge is -2.16. The standard InChI is InChI=1S/C17H21NO3/c1-10-6-7-13-12(8-10)11(2)15(21-13)16(20)18-9-14(19)17(3,4)5/h6-8H,9H2,1-5H3,(H,18,20). The zero-order chi connectivity index (χ0) is 15.8. The second kappa shape index (κ2) is 5.35. The Morgan fingerprint density at radius 3 is 2.48 bits per heavy atom. The van der Waals surface area contributed by atoms with Crippen LogP contribution in [-0.2, 0) is 4.79 Å². The number of carbonyl (C=O) groups excluding carboxylic acids is 2. The summed E-state index contributed by atoms with van der Waals surface area (Å²) >= 11 is 0. The number of Topliss-reactive ketones (excluding diaryl/α,β-unsaturated/α-hetero) is 1. The van der Waals surface area contributed by atoms with Crippen LogP contribution in [-0.4, -0.2) is 18.2 Å². The molecule has 0 bridgehead atoms. The Labute approximate surface area is 124 Å². The van der Waals surface area contributed by atoms with E-state index >= 15 is 0 Å². The molecule has 0 aliphatic rings. The van der Waals surface area contributed by atoms with Gasteiger partial charge in [0.2, 0.25) is 0 Å². The van der Waals surface area contributed by atoms with Gasteiger partial charge in [-0.05, 0) is 26.0 Å². The normalized spacial score (nSPS) is 11.7. The van der Waals surface area contributed by atoms with Crippen molar-refractivity contribution in [1.82, 2.24) is 5.32 Å². The summed E-state index contributed by atoms with van der Waals surface area (Å²) in [6, 6.07) is 5.79. The predicted octanol–water partition coefficient (Wildman–Crippen LogP) is 3.39. The van der Waals surface area contributed by atoms with Crippen LogP contribution < -0.4 is 5.32 Å². The van der Waals surface area contributed by atoms with Crippen molar-refractivity contribution in [2.24, 2.45) is 5.41 Å². The van der Waals surface area contributed by atoms with Gasteiger partial charge in [0.15, 0.2) is 11.5 Å². The van der Waals surface area contributed by atoms with Crippen LogP contribution >= 0.6 is 0 Å². The molecule has 0 fully saturated rings. The van der Waals surface area contributed by atoms with E-state index in [1.54, 1.807) is 0 Å². The maximum absolute atomic E-state index is 12.2. The molecular weight excluding hydrogens is 266 g/mol. The molecule has 0 unspecified atom stereocenters. The predicted molar refractivity (Wildman–Crippen MR) is 82.5 cm³/mol. The van der Waals surface area contributed by atoms with Crippen LogP contribution in [0.5, 0.6) is 0 Å². The summed E-state index contributed by atoms with van der Waals surface area (Å²) in [5.74, 6) is -0.0864. The van der Waals surface area contributed by atoms with Crippen LogP contribution in [0.15, 0.2) is 22.6 Å². The minimum Gasteiger partial charge on any atom is -0.451 e. The molecule has 4 heteroatoms. The summed E-state index contributed by atoms with van der Waals surface area (Å²) in [5, 5.41) is 3.57. The largest absolute Gasteiger partial charge is 0.451 e. The smallest absolute Gasteiger partial charge is 0.287 e. The fourth-order valence-corrected chi connectivity index (χ4v) is 2.06. The van der Waals surface area contributed by atoms with Gasteiger partial charge in [0, 0.05) is 16.4 Å². The lowest BCUT2D eigenvalue weighted by atomic mass is 9.91. The van der Waals surface area contributed by atoms with E-state index in [4.69, 9.17) is 4.42 Å². The van der Waals surface area contributed by atoms with Gasteiger partial charge in [0.1, 0.15) is 5.58 Å². The number of benzene rings is 1. The van der Waals surface area contributed by atoms with E-state index in [2.05, 4.69) is 5.32 Å². The van der Waals surface area contributed by atoms with Gasteiger partial charge in [-0.15, -0.1) is 0 Å². The van der Waals surface area contributed by atoms with Crippen LogP contribution in [0.3, 0.4) is 0 Å². The van der Waals surface area contributed by atoms with E-state index in [1.165, 1.54) is 0 Å². The fraction of sp³-hybridized carbons (Fsp3) is 0.412. The molecule has 0 aliphatic carbocycles. The second-order valence-electron chi connectivity index (χ2n) is 6.41. The molecule has 0 spiro atoms. The number of hydrogen-bond acceptors (Lipinski definition) is 3. The van der Waals surface area contributed by atoms with Crippen molar-refractivity contribution in [3.05, 3.63) is 35.1 Å². The Bertz CT molecular complexity index is 705. The van der Waals surface area contributed by atoms with Crippen LogP contribution in [0.2, 0.25) is 0 Å². The number of ketones is 1. The number of fused-ring (bicyclic) bond motifs is 1. The number of carbonyl (C=O) groups is 2. The molecule has 1 N–H and O–H groups in total. The number of hydrogen-bond donors (Lipinski definition) is 1. The Hall–Kier alpha value is -2.10. The van der Waals surface area contributed by atoms with Gasteiger partial charge in [-0.3, -0.25) is 9.59 Å². The van der Waals surface area contributed by atoms with E-state index < -0.39 is 5.41 Å². The third kappa shape index (κ3) is 3.15. The van der Waals surface area contributed by atoms with Crippen LogP contribution in [0, 0.1) is 19.3 Å². The van der Waals surface area contributed by atoms with E-state index in [0.29, 0.717) is 5.58 Å². The third-order valence-electron chi connectivity index (χ3n) is 3.54. The lowest BCUT2D eigenvalue weighted by molar-refractivity contribution is -0.125. The van der Waals surface area contributed by atoms with Gasteiger partial charge in [-0.25, -0.2) is 0 Å². The molecule has 1 aromatic carbocycles. The Morgan fingerprint density at radius 2 is 1.86 bits per heavy atom.